The molecule has 0 saturated heterocycles. The van der Waals surface area contributed by atoms with E-state index in [9.17, 15) is 4.79 Å². The molecule has 0 spiro atoms. The average molecular weight is 287 g/mol. The first-order valence-corrected chi connectivity index (χ1v) is 7.00. The van der Waals surface area contributed by atoms with Crippen LogP contribution in [0.2, 0.25) is 0 Å². The molecular formula is C16H21N3O2. The molecule has 0 radical (unpaired) electrons. The van der Waals surface area contributed by atoms with E-state index in [4.69, 9.17) is 4.52 Å². The molecule has 2 rings (SSSR count). The minimum atomic E-state index is -0.0361. The summed E-state index contributed by atoms with van der Waals surface area (Å²) in [5.74, 6) is 0.936. The topological polar surface area (TPSA) is 68.0 Å². The molecular weight excluding hydrogens is 266 g/mol. The zero-order chi connectivity index (χ0) is 15.5. The summed E-state index contributed by atoms with van der Waals surface area (Å²) in [6.45, 7) is 8.34. The molecule has 5 heteroatoms. The van der Waals surface area contributed by atoms with E-state index in [-0.39, 0.29) is 17.9 Å². The van der Waals surface area contributed by atoms with Crippen LogP contribution >= 0.6 is 0 Å². The molecule has 21 heavy (non-hydrogen) atoms. The monoisotopic (exact) mass is 287 g/mol. The Morgan fingerprint density at radius 3 is 2.76 bits per heavy atom. The minimum Gasteiger partial charge on any atom is -0.347 e. The van der Waals surface area contributed by atoms with E-state index < -0.39 is 0 Å². The molecule has 0 unspecified atom stereocenters. The number of hydrogen-bond donors (Lipinski definition) is 1. The predicted molar refractivity (Wildman–Crippen MR) is 80.4 cm³/mol. The molecule has 1 aromatic carbocycles. The van der Waals surface area contributed by atoms with Gasteiger partial charge in [-0.3, -0.25) is 4.79 Å². The van der Waals surface area contributed by atoms with Crippen molar-refractivity contribution in [2.45, 2.75) is 40.7 Å². The molecule has 0 aliphatic rings. The Hall–Kier alpha value is -2.17. The first kappa shape index (κ1) is 15.2. The van der Waals surface area contributed by atoms with E-state index in [1.54, 1.807) is 0 Å². The maximum atomic E-state index is 11.8. The third-order valence-corrected chi connectivity index (χ3v) is 2.87. The van der Waals surface area contributed by atoms with E-state index in [1.807, 2.05) is 52.0 Å². The van der Waals surface area contributed by atoms with Gasteiger partial charge in [-0.05, 0) is 18.4 Å². The Labute approximate surface area is 124 Å². The number of aryl methyl sites for hydroxylation is 1. The molecule has 0 atom stereocenters. The van der Waals surface area contributed by atoms with Crippen LogP contribution in [-0.2, 0) is 11.3 Å². The molecule has 1 N–H and O–H groups in total. The van der Waals surface area contributed by atoms with Crippen molar-refractivity contribution < 1.29 is 9.32 Å². The van der Waals surface area contributed by atoms with Gasteiger partial charge in [0.05, 0.1) is 6.54 Å². The van der Waals surface area contributed by atoms with Gasteiger partial charge in [-0.25, -0.2) is 0 Å². The van der Waals surface area contributed by atoms with Crippen molar-refractivity contribution in [3.63, 3.8) is 0 Å². The minimum absolute atomic E-state index is 0.0159. The van der Waals surface area contributed by atoms with Crippen molar-refractivity contribution in [2.24, 2.45) is 5.41 Å². The van der Waals surface area contributed by atoms with Crippen molar-refractivity contribution in [1.29, 1.82) is 0 Å². The highest BCUT2D eigenvalue weighted by molar-refractivity contribution is 5.76. The highest BCUT2D eigenvalue weighted by Crippen LogP contribution is 2.18. The summed E-state index contributed by atoms with van der Waals surface area (Å²) in [6, 6.07) is 7.88. The number of benzene rings is 1. The Balaban J connectivity index is 1.96. The van der Waals surface area contributed by atoms with Crippen molar-refractivity contribution in [2.75, 3.05) is 0 Å². The lowest BCUT2D eigenvalue weighted by molar-refractivity contribution is -0.123. The fourth-order valence-corrected chi connectivity index (χ4v) is 1.95. The van der Waals surface area contributed by atoms with Crippen molar-refractivity contribution >= 4 is 5.91 Å². The normalized spacial score (nSPS) is 11.4. The number of nitrogens with zero attached hydrogens (tertiary/aromatic N) is 2. The molecule has 0 fully saturated rings. The zero-order valence-corrected chi connectivity index (χ0v) is 12.9. The lowest BCUT2D eigenvalue weighted by atomic mass is 9.92. The van der Waals surface area contributed by atoms with Crippen LogP contribution in [0.4, 0.5) is 0 Å². The summed E-state index contributed by atoms with van der Waals surface area (Å²) < 4.78 is 5.16. The molecule has 1 aromatic heterocycles. The smallest absolute Gasteiger partial charge is 0.246 e. The third kappa shape index (κ3) is 4.70. The second-order valence-electron chi connectivity index (χ2n) is 6.40. The lowest BCUT2D eigenvalue weighted by Crippen LogP contribution is -2.27. The largest absolute Gasteiger partial charge is 0.347 e. The lowest BCUT2D eigenvalue weighted by Gasteiger charge is -2.16. The highest BCUT2D eigenvalue weighted by Gasteiger charge is 2.16. The average Bonchev–Trinajstić information content (AvgIpc) is 2.83. The summed E-state index contributed by atoms with van der Waals surface area (Å²) in [4.78, 5) is 16.1. The van der Waals surface area contributed by atoms with Gasteiger partial charge in [-0.1, -0.05) is 49.7 Å². The van der Waals surface area contributed by atoms with Crippen LogP contribution in [-0.4, -0.2) is 16.0 Å². The van der Waals surface area contributed by atoms with E-state index in [2.05, 4.69) is 15.5 Å². The SMILES string of the molecule is Cc1cccc(-c2noc(CNC(=O)CC(C)(C)C)n2)c1. The van der Waals surface area contributed by atoms with Crippen LogP contribution in [0.25, 0.3) is 11.4 Å². The first-order chi connectivity index (χ1) is 9.83. The van der Waals surface area contributed by atoms with Gasteiger partial charge >= 0.3 is 0 Å². The van der Waals surface area contributed by atoms with E-state index in [1.165, 1.54) is 0 Å². The molecule has 1 amide bonds. The second-order valence-corrected chi connectivity index (χ2v) is 6.40. The number of hydrogen-bond acceptors (Lipinski definition) is 4. The molecule has 1 heterocycles. The van der Waals surface area contributed by atoms with Crippen LogP contribution in [0, 0.1) is 12.3 Å². The Morgan fingerprint density at radius 2 is 2.10 bits per heavy atom. The summed E-state index contributed by atoms with van der Waals surface area (Å²) in [5.41, 5.74) is 2.01. The second kappa shape index (κ2) is 6.08. The van der Waals surface area contributed by atoms with Crippen LogP contribution < -0.4 is 5.32 Å². The van der Waals surface area contributed by atoms with Gasteiger partial charge in [0, 0.05) is 12.0 Å². The third-order valence-electron chi connectivity index (χ3n) is 2.87. The quantitative estimate of drug-likeness (QED) is 0.938. The van der Waals surface area contributed by atoms with Crippen LogP contribution in [0.15, 0.2) is 28.8 Å². The Kier molecular flexibility index (Phi) is 4.40. The van der Waals surface area contributed by atoms with Crippen LogP contribution in [0.1, 0.15) is 38.6 Å². The van der Waals surface area contributed by atoms with Gasteiger partial charge in [-0.15, -0.1) is 0 Å². The maximum absolute atomic E-state index is 11.8. The summed E-state index contributed by atoms with van der Waals surface area (Å²) in [7, 11) is 0. The van der Waals surface area contributed by atoms with E-state index in [0.29, 0.717) is 18.1 Å². The fraction of sp³-hybridized carbons (Fsp3) is 0.438. The maximum Gasteiger partial charge on any atom is 0.246 e. The summed E-state index contributed by atoms with van der Waals surface area (Å²) >= 11 is 0. The van der Waals surface area contributed by atoms with Crippen LogP contribution in [0.3, 0.4) is 0 Å². The number of carbonyl (C=O) groups excluding carboxylic acids is 1. The standard InChI is InChI=1S/C16H21N3O2/c1-11-6-5-7-12(8-11)15-18-14(21-19-15)10-17-13(20)9-16(2,3)4/h5-8H,9-10H2,1-4H3,(H,17,20). The van der Waals surface area contributed by atoms with Crippen molar-refractivity contribution in [1.82, 2.24) is 15.5 Å². The summed E-state index contributed by atoms with van der Waals surface area (Å²) in [6.07, 6.45) is 0.464. The molecule has 0 aliphatic heterocycles. The number of aromatic nitrogens is 2. The molecule has 5 nitrogen and oxygen atoms in total. The van der Waals surface area contributed by atoms with Gasteiger partial charge in [0.2, 0.25) is 17.6 Å². The fourth-order valence-electron chi connectivity index (χ4n) is 1.95. The van der Waals surface area contributed by atoms with Gasteiger partial charge in [0.25, 0.3) is 0 Å². The molecule has 0 saturated carbocycles. The van der Waals surface area contributed by atoms with E-state index >= 15 is 0 Å². The Morgan fingerprint density at radius 1 is 1.33 bits per heavy atom. The molecule has 112 valence electrons. The van der Waals surface area contributed by atoms with Gasteiger partial charge < -0.3 is 9.84 Å². The first-order valence-electron chi connectivity index (χ1n) is 7.00. The van der Waals surface area contributed by atoms with Gasteiger partial charge in [0.15, 0.2) is 0 Å². The summed E-state index contributed by atoms with van der Waals surface area (Å²) in [5, 5.41) is 6.74. The van der Waals surface area contributed by atoms with Gasteiger partial charge in [-0.2, -0.15) is 4.98 Å². The number of rotatable bonds is 4. The van der Waals surface area contributed by atoms with Crippen molar-refractivity contribution in [3.05, 3.63) is 35.7 Å². The number of amides is 1. The molecule has 2 aromatic rings. The molecule has 0 aliphatic carbocycles. The molecule has 0 bridgehead atoms. The predicted octanol–water partition coefficient (Wildman–Crippen LogP) is 3.10. The number of nitrogens with one attached hydrogen (secondary N) is 1. The van der Waals surface area contributed by atoms with Crippen molar-refractivity contribution in [3.8, 4) is 11.4 Å². The zero-order valence-electron chi connectivity index (χ0n) is 12.9. The Bertz CT molecular complexity index is 626. The number of carbonyl (C=O) groups is 1. The van der Waals surface area contributed by atoms with Crippen LogP contribution in [0.5, 0.6) is 0 Å². The van der Waals surface area contributed by atoms with E-state index in [0.717, 1.165) is 11.1 Å². The highest BCUT2D eigenvalue weighted by atomic mass is 16.5. The van der Waals surface area contributed by atoms with Gasteiger partial charge in [0.1, 0.15) is 0 Å².